The number of β-amino-alcohol motifs (C(OH)–C–C–N with tert-alkyl or cyclic N) is 1. The largest absolute Gasteiger partial charge is 0.492 e. The number of benzene rings is 1. The highest BCUT2D eigenvalue weighted by molar-refractivity contribution is 5.99. The van der Waals surface area contributed by atoms with Gasteiger partial charge < -0.3 is 24.1 Å². The molecule has 1 aliphatic rings. The van der Waals surface area contributed by atoms with E-state index in [1.807, 2.05) is 80.9 Å². The van der Waals surface area contributed by atoms with Gasteiger partial charge in [-0.1, -0.05) is 38.1 Å². The first-order valence-electron chi connectivity index (χ1n) is 12.8. The van der Waals surface area contributed by atoms with Crippen LogP contribution in [0.4, 0.5) is 16.3 Å². The molecule has 4 heterocycles. The van der Waals surface area contributed by atoms with Gasteiger partial charge in [-0.3, -0.25) is 10.2 Å². The molecule has 1 saturated heterocycles. The van der Waals surface area contributed by atoms with E-state index in [0.29, 0.717) is 23.9 Å². The number of ether oxygens (including phenoxy) is 1. The van der Waals surface area contributed by atoms with Crippen LogP contribution in [0, 0.1) is 0 Å². The number of aliphatic hydroxyl groups is 1. The Hall–Kier alpha value is -3.89. The predicted octanol–water partition coefficient (Wildman–Crippen LogP) is 4.77. The minimum absolute atomic E-state index is 0.190. The lowest BCUT2D eigenvalue weighted by Crippen LogP contribution is -2.59. The quantitative estimate of drug-likeness (QED) is 0.288. The molecule has 38 heavy (non-hydrogen) atoms. The van der Waals surface area contributed by atoms with E-state index in [9.17, 15) is 9.90 Å². The summed E-state index contributed by atoms with van der Waals surface area (Å²) in [6.45, 7) is 10.9. The zero-order chi connectivity index (χ0) is 26.9. The smallest absolute Gasteiger partial charge is 0.324 e. The molecule has 0 aliphatic carbocycles. The van der Waals surface area contributed by atoms with Crippen molar-refractivity contribution in [3.8, 4) is 17.0 Å². The number of amides is 2. The standard InChI is InChI=1S/C28H34N6O4/c1-27(2,3)23-14-24(32-38-23)31-26(35)29-20-8-6-19(7-9-20)22-16-34-15-21(10-11-25(34)30-22)37-13-5-12-33-17-28(4,36)18-33/h6-11,14-16,36H,5,12-13,17-18H2,1-4H3,(H2,29,31,32,35). The molecule has 0 unspecified atom stereocenters. The molecule has 1 fully saturated rings. The highest BCUT2D eigenvalue weighted by Crippen LogP contribution is 2.26. The summed E-state index contributed by atoms with van der Waals surface area (Å²) in [6, 6.07) is 12.7. The monoisotopic (exact) mass is 518 g/mol. The van der Waals surface area contributed by atoms with Gasteiger partial charge in [0.1, 0.15) is 17.2 Å². The first-order valence-corrected chi connectivity index (χ1v) is 12.8. The van der Waals surface area contributed by atoms with E-state index in [-0.39, 0.29) is 5.41 Å². The Morgan fingerprint density at radius 3 is 2.58 bits per heavy atom. The van der Waals surface area contributed by atoms with Gasteiger partial charge in [0.15, 0.2) is 5.82 Å². The molecule has 0 spiro atoms. The number of imidazole rings is 1. The fourth-order valence-corrected chi connectivity index (χ4v) is 4.44. The van der Waals surface area contributed by atoms with Crippen LogP contribution >= 0.6 is 0 Å². The molecule has 0 bridgehead atoms. The Kier molecular flexibility index (Phi) is 6.85. The number of rotatable bonds is 8. The number of aromatic nitrogens is 3. The van der Waals surface area contributed by atoms with Gasteiger partial charge in [0.05, 0.1) is 24.1 Å². The normalized spacial score (nSPS) is 15.3. The van der Waals surface area contributed by atoms with E-state index in [4.69, 9.17) is 14.2 Å². The number of fused-ring (bicyclic) bond motifs is 1. The summed E-state index contributed by atoms with van der Waals surface area (Å²) in [4.78, 5) is 19.3. The molecule has 3 aromatic heterocycles. The SMILES string of the molecule is CC1(O)CN(CCCOc2ccc3nc(-c4ccc(NC(=O)Nc5cc(C(C)(C)C)on5)cc4)cn3c2)C1. The molecule has 1 aliphatic heterocycles. The van der Waals surface area contributed by atoms with E-state index in [1.165, 1.54) is 0 Å². The molecule has 5 rings (SSSR count). The molecular formula is C28H34N6O4. The van der Waals surface area contributed by atoms with Crippen LogP contribution in [-0.4, -0.2) is 62.4 Å². The Morgan fingerprint density at radius 2 is 1.89 bits per heavy atom. The van der Waals surface area contributed by atoms with Crippen LogP contribution < -0.4 is 15.4 Å². The molecule has 3 N–H and O–H groups in total. The van der Waals surface area contributed by atoms with Crippen LogP contribution in [0.15, 0.2) is 59.4 Å². The molecule has 0 atom stereocenters. The molecule has 200 valence electrons. The van der Waals surface area contributed by atoms with Crippen molar-refractivity contribution in [2.24, 2.45) is 0 Å². The van der Waals surface area contributed by atoms with Crippen LogP contribution in [0.5, 0.6) is 5.75 Å². The average molecular weight is 519 g/mol. The summed E-state index contributed by atoms with van der Waals surface area (Å²) in [7, 11) is 0. The molecule has 0 radical (unpaired) electrons. The van der Waals surface area contributed by atoms with E-state index in [1.54, 1.807) is 6.07 Å². The Labute approximate surface area is 221 Å². The van der Waals surface area contributed by atoms with Gasteiger partial charge in [-0.15, -0.1) is 0 Å². The van der Waals surface area contributed by atoms with Gasteiger partial charge in [-0.25, -0.2) is 9.78 Å². The fourth-order valence-electron chi connectivity index (χ4n) is 4.44. The molecule has 1 aromatic carbocycles. The van der Waals surface area contributed by atoms with Crippen LogP contribution in [0.2, 0.25) is 0 Å². The Balaban J connectivity index is 1.14. The highest BCUT2D eigenvalue weighted by atomic mass is 16.5. The van der Waals surface area contributed by atoms with E-state index in [0.717, 1.165) is 48.7 Å². The number of hydrogen-bond donors (Lipinski definition) is 3. The third-order valence-corrected chi connectivity index (χ3v) is 6.37. The fraction of sp³-hybridized carbons (Fsp3) is 0.393. The zero-order valence-electron chi connectivity index (χ0n) is 22.2. The van der Waals surface area contributed by atoms with Gasteiger partial charge in [0, 0.05) is 48.6 Å². The summed E-state index contributed by atoms with van der Waals surface area (Å²) in [5.74, 6) is 1.84. The zero-order valence-corrected chi connectivity index (χ0v) is 22.2. The molecule has 0 saturated carbocycles. The van der Waals surface area contributed by atoms with E-state index < -0.39 is 11.6 Å². The lowest BCUT2D eigenvalue weighted by Gasteiger charge is -2.44. The second-order valence-electron chi connectivity index (χ2n) is 11.1. The van der Waals surface area contributed by atoms with Crippen LogP contribution in [0.3, 0.4) is 0 Å². The maximum Gasteiger partial charge on any atom is 0.324 e. The second kappa shape index (κ2) is 10.1. The molecule has 4 aromatic rings. The molecule has 10 heteroatoms. The number of nitrogens with one attached hydrogen (secondary N) is 2. The van der Waals surface area contributed by atoms with Crippen molar-refractivity contribution >= 4 is 23.2 Å². The van der Waals surface area contributed by atoms with Crippen molar-refractivity contribution in [2.75, 3.05) is 36.9 Å². The number of nitrogens with zero attached hydrogens (tertiary/aromatic N) is 4. The lowest BCUT2D eigenvalue weighted by molar-refractivity contribution is -0.0840. The molecule has 2 amide bonds. The maximum absolute atomic E-state index is 12.4. The number of hydrogen-bond acceptors (Lipinski definition) is 7. The van der Waals surface area contributed by atoms with Crippen LogP contribution in [0.25, 0.3) is 16.9 Å². The van der Waals surface area contributed by atoms with Crippen molar-refractivity contribution in [1.29, 1.82) is 0 Å². The van der Waals surface area contributed by atoms with Gasteiger partial charge in [0.25, 0.3) is 0 Å². The highest BCUT2D eigenvalue weighted by Gasteiger charge is 2.35. The van der Waals surface area contributed by atoms with Crippen molar-refractivity contribution < 1.29 is 19.2 Å². The third-order valence-electron chi connectivity index (χ3n) is 6.37. The van der Waals surface area contributed by atoms with Gasteiger partial charge >= 0.3 is 6.03 Å². The number of likely N-dealkylation sites (tertiary alicyclic amines) is 1. The van der Waals surface area contributed by atoms with Gasteiger partial charge in [0.2, 0.25) is 0 Å². The summed E-state index contributed by atoms with van der Waals surface area (Å²) in [6.07, 6.45) is 4.78. The van der Waals surface area contributed by atoms with Crippen molar-refractivity contribution in [1.82, 2.24) is 19.4 Å². The lowest BCUT2D eigenvalue weighted by atomic mass is 9.93. The van der Waals surface area contributed by atoms with Crippen molar-refractivity contribution in [3.63, 3.8) is 0 Å². The Bertz CT molecular complexity index is 1410. The number of pyridine rings is 1. The number of anilines is 2. The Morgan fingerprint density at radius 1 is 1.13 bits per heavy atom. The van der Waals surface area contributed by atoms with Crippen LogP contribution in [-0.2, 0) is 5.41 Å². The van der Waals surface area contributed by atoms with Crippen LogP contribution in [0.1, 0.15) is 39.9 Å². The minimum Gasteiger partial charge on any atom is -0.492 e. The first-order chi connectivity index (χ1) is 18.0. The van der Waals surface area contributed by atoms with Crippen molar-refractivity contribution in [2.45, 2.75) is 45.1 Å². The summed E-state index contributed by atoms with van der Waals surface area (Å²) in [5, 5.41) is 19.2. The topological polar surface area (TPSA) is 117 Å². The number of carbonyl (C=O) groups excluding carboxylic acids is 1. The minimum atomic E-state index is -0.536. The summed E-state index contributed by atoms with van der Waals surface area (Å²) < 4.78 is 13.2. The van der Waals surface area contributed by atoms with E-state index in [2.05, 4.69) is 20.7 Å². The molecule has 10 nitrogen and oxygen atoms in total. The van der Waals surface area contributed by atoms with Crippen molar-refractivity contribution in [3.05, 3.63) is 60.6 Å². The average Bonchev–Trinajstić information content (AvgIpc) is 3.48. The van der Waals surface area contributed by atoms with Gasteiger partial charge in [-0.05, 0) is 37.6 Å². The summed E-state index contributed by atoms with van der Waals surface area (Å²) in [5.41, 5.74) is 2.49. The number of carbonyl (C=O) groups is 1. The molecular weight excluding hydrogens is 484 g/mol. The second-order valence-corrected chi connectivity index (χ2v) is 11.1. The third kappa shape index (κ3) is 6.15. The maximum atomic E-state index is 12.4. The first kappa shape index (κ1) is 25.7. The van der Waals surface area contributed by atoms with E-state index >= 15 is 0 Å². The number of urea groups is 1. The summed E-state index contributed by atoms with van der Waals surface area (Å²) >= 11 is 0. The predicted molar refractivity (Wildman–Crippen MR) is 146 cm³/mol. The van der Waals surface area contributed by atoms with Gasteiger partial charge in [-0.2, -0.15) is 0 Å².